The van der Waals surface area contributed by atoms with Crippen LogP contribution in [0.15, 0.2) is 18.2 Å². The number of carbonyl (C=O) groups excluding carboxylic acids is 1. The molecule has 1 aliphatic rings. The number of nitro groups is 1. The number of para-hydroxylation sites is 1. The van der Waals surface area contributed by atoms with Gasteiger partial charge in [0.1, 0.15) is 5.69 Å². The molecule has 0 bridgehead atoms. The second-order valence-electron chi connectivity index (χ2n) is 4.97. The number of carbonyl (C=O) groups is 1. The van der Waals surface area contributed by atoms with E-state index in [9.17, 15) is 14.9 Å². The third-order valence-corrected chi connectivity index (χ3v) is 3.48. The van der Waals surface area contributed by atoms with Gasteiger partial charge in [-0.2, -0.15) is 0 Å². The van der Waals surface area contributed by atoms with Crippen molar-refractivity contribution in [3.63, 3.8) is 0 Å². The standard InChI is InChI=1S/C14H20N4O3/c1-2-15-14-11(4-3-5-12(14)18(20)21)10-17-8-6-13(19)16-7-9-17/h3-5,15H,2,6-10H2,1H3,(H,16,19). The molecule has 114 valence electrons. The number of nitro benzene ring substituents is 1. The average Bonchev–Trinajstić information content (AvgIpc) is 2.65. The Morgan fingerprint density at radius 2 is 2.24 bits per heavy atom. The Bertz CT molecular complexity index is 533. The minimum atomic E-state index is -0.366. The molecule has 0 aliphatic carbocycles. The summed E-state index contributed by atoms with van der Waals surface area (Å²) in [4.78, 5) is 24.3. The lowest BCUT2D eigenvalue weighted by atomic mass is 10.1. The molecule has 21 heavy (non-hydrogen) atoms. The van der Waals surface area contributed by atoms with Gasteiger partial charge < -0.3 is 10.6 Å². The van der Waals surface area contributed by atoms with Gasteiger partial charge in [-0.25, -0.2) is 0 Å². The summed E-state index contributed by atoms with van der Waals surface area (Å²) < 4.78 is 0. The topological polar surface area (TPSA) is 87.5 Å². The van der Waals surface area contributed by atoms with Crippen LogP contribution in [-0.2, 0) is 11.3 Å². The predicted molar refractivity (Wildman–Crippen MR) is 80.2 cm³/mol. The summed E-state index contributed by atoms with van der Waals surface area (Å²) in [5.74, 6) is 0.0587. The Balaban J connectivity index is 2.20. The SMILES string of the molecule is CCNc1c(CN2CCNC(=O)CC2)cccc1[N+](=O)[O-]. The Morgan fingerprint density at radius 1 is 1.43 bits per heavy atom. The van der Waals surface area contributed by atoms with Crippen LogP contribution in [0.4, 0.5) is 11.4 Å². The molecule has 7 nitrogen and oxygen atoms in total. The largest absolute Gasteiger partial charge is 0.380 e. The van der Waals surface area contributed by atoms with Crippen molar-refractivity contribution in [1.82, 2.24) is 10.2 Å². The van der Waals surface area contributed by atoms with Crippen molar-refractivity contribution in [2.24, 2.45) is 0 Å². The number of benzene rings is 1. The van der Waals surface area contributed by atoms with Crippen LogP contribution in [0.25, 0.3) is 0 Å². The zero-order valence-electron chi connectivity index (χ0n) is 12.1. The molecule has 7 heteroatoms. The third kappa shape index (κ3) is 3.91. The highest BCUT2D eigenvalue weighted by atomic mass is 16.6. The van der Waals surface area contributed by atoms with Crippen LogP contribution in [0.5, 0.6) is 0 Å². The molecule has 0 atom stereocenters. The van der Waals surface area contributed by atoms with E-state index in [0.29, 0.717) is 38.3 Å². The van der Waals surface area contributed by atoms with E-state index in [0.717, 1.165) is 12.1 Å². The summed E-state index contributed by atoms with van der Waals surface area (Å²) in [7, 11) is 0. The fourth-order valence-corrected chi connectivity index (χ4v) is 2.46. The lowest BCUT2D eigenvalue weighted by Gasteiger charge is -2.21. The van der Waals surface area contributed by atoms with Crippen LogP contribution in [0.2, 0.25) is 0 Å². The molecule has 1 aromatic rings. The van der Waals surface area contributed by atoms with E-state index in [2.05, 4.69) is 15.5 Å². The van der Waals surface area contributed by atoms with Crippen LogP contribution < -0.4 is 10.6 Å². The van der Waals surface area contributed by atoms with E-state index in [4.69, 9.17) is 0 Å². The van der Waals surface area contributed by atoms with E-state index in [1.165, 1.54) is 6.07 Å². The number of rotatable bonds is 5. The highest BCUT2D eigenvalue weighted by molar-refractivity contribution is 5.76. The molecule has 0 spiro atoms. The van der Waals surface area contributed by atoms with Crippen LogP contribution in [-0.4, -0.2) is 41.9 Å². The van der Waals surface area contributed by atoms with Gasteiger partial charge in [-0.3, -0.25) is 19.8 Å². The second-order valence-corrected chi connectivity index (χ2v) is 4.97. The van der Waals surface area contributed by atoms with Crippen molar-refractivity contribution in [3.8, 4) is 0 Å². The van der Waals surface area contributed by atoms with Crippen molar-refractivity contribution < 1.29 is 9.72 Å². The third-order valence-electron chi connectivity index (χ3n) is 3.48. The summed E-state index contributed by atoms with van der Waals surface area (Å²) in [5, 5.41) is 17.1. The first-order chi connectivity index (χ1) is 10.1. The van der Waals surface area contributed by atoms with Crippen LogP contribution >= 0.6 is 0 Å². The van der Waals surface area contributed by atoms with Crippen LogP contribution in [0.3, 0.4) is 0 Å². The molecule has 0 aromatic heterocycles. The van der Waals surface area contributed by atoms with Gasteiger partial charge in [-0.15, -0.1) is 0 Å². The highest BCUT2D eigenvalue weighted by Crippen LogP contribution is 2.29. The first-order valence-electron chi connectivity index (χ1n) is 7.11. The van der Waals surface area contributed by atoms with Crippen molar-refractivity contribution in [2.75, 3.05) is 31.5 Å². The lowest BCUT2D eigenvalue weighted by Crippen LogP contribution is -2.28. The Hall–Kier alpha value is -2.15. The zero-order valence-corrected chi connectivity index (χ0v) is 12.1. The number of amides is 1. The van der Waals surface area contributed by atoms with Gasteiger partial charge in [0.15, 0.2) is 0 Å². The molecule has 1 fully saturated rings. The van der Waals surface area contributed by atoms with Gasteiger partial charge in [0.2, 0.25) is 5.91 Å². The molecule has 2 rings (SSSR count). The normalized spacial score (nSPS) is 16.1. The van der Waals surface area contributed by atoms with Crippen LogP contribution in [0, 0.1) is 10.1 Å². The van der Waals surface area contributed by atoms with Gasteiger partial charge in [0.25, 0.3) is 5.69 Å². The lowest BCUT2D eigenvalue weighted by molar-refractivity contribution is -0.384. The number of nitrogens with one attached hydrogen (secondary N) is 2. The van der Waals surface area contributed by atoms with Gasteiger partial charge in [0.05, 0.1) is 4.92 Å². The van der Waals surface area contributed by atoms with E-state index < -0.39 is 0 Å². The summed E-state index contributed by atoms with van der Waals surface area (Å²) >= 11 is 0. The fraction of sp³-hybridized carbons (Fsp3) is 0.500. The minimum absolute atomic E-state index is 0.0587. The maximum atomic E-state index is 11.4. The smallest absolute Gasteiger partial charge is 0.292 e. The molecule has 1 heterocycles. The summed E-state index contributed by atoms with van der Waals surface area (Å²) in [6, 6.07) is 5.11. The average molecular weight is 292 g/mol. The Morgan fingerprint density at radius 3 is 2.95 bits per heavy atom. The van der Waals surface area contributed by atoms with Crippen molar-refractivity contribution in [1.29, 1.82) is 0 Å². The van der Waals surface area contributed by atoms with Gasteiger partial charge in [0, 0.05) is 45.2 Å². The maximum Gasteiger partial charge on any atom is 0.292 e. The summed E-state index contributed by atoms with van der Waals surface area (Å²) in [6.07, 6.45) is 0.464. The Labute approximate surface area is 123 Å². The van der Waals surface area contributed by atoms with E-state index >= 15 is 0 Å². The first-order valence-corrected chi connectivity index (χ1v) is 7.11. The zero-order chi connectivity index (χ0) is 15.2. The minimum Gasteiger partial charge on any atom is -0.380 e. The fourth-order valence-electron chi connectivity index (χ4n) is 2.46. The molecule has 0 saturated carbocycles. The van der Waals surface area contributed by atoms with E-state index in [1.54, 1.807) is 6.07 Å². The van der Waals surface area contributed by atoms with E-state index in [1.807, 2.05) is 13.0 Å². The van der Waals surface area contributed by atoms with E-state index in [-0.39, 0.29) is 16.5 Å². The van der Waals surface area contributed by atoms with Gasteiger partial charge >= 0.3 is 0 Å². The van der Waals surface area contributed by atoms with Gasteiger partial charge in [-0.05, 0) is 12.5 Å². The number of hydrogen-bond donors (Lipinski definition) is 2. The van der Waals surface area contributed by atoms with Crippen LogP contribution in [0.1, 0.15) is 18.9 Å². The number of anilines is 1. The Kier molecular flexibility index (Phi) is 5.10. The quantitative estimate of drug-likeness (QED) is 0.632. The molecular weight excluding hydrogens is 272 g/mol. The van der Waals surface area contributed by atoms with Crippen molar-refractivity contribution >= 4 is 17.3 Å². The first kappa shape index (κ1) is 15.2. The van der Waals surface area contributed by atoms with Gasteiger partial charge in [-0.1, -0.05) is 12.1 Å². The molecule has 1 amide bonds. The molecule has 2 N–H and O–H groups in total. The monoisotopic (exact) mass is 292 g/mol. The molecular formula is C14H20N4O3. The number of hydrogen-bond acceptors (Lipinski definition) is 5. The maximum absolute atomic E-state index is 11.4. The molecule has 0 unspecified atom stereocenters. The molecule has 1 aromatic carbocycles. The number of nitrogens with zero attached hydrogens (tertiary/aromatic N) is 2. The highest BCUT2D eigenvalue weighted by Gasteiger charge is 2.20. The van der Waals surface area contributed by atoms with Crippen molar-refractivity contribution in [2.45, 2.75) is 19.9 Å². The predicted octanol–water partition coefficient (Wildman–Crippen LogP) is 1.35. The summed E-state index contributed by atoms with van der Waals surface area (Å²) in [5.41, 5.74) is 1.56. The molecule has 1 saturated heterocycles. The molecule has 1 aliphatic heterocycles. The molecule has 0 radical (unpaired) electrons. The second kappa shape index (κ2) is 7.03. The summed E-state index contributed by atoms with van der Waals surface area (Å²) in [6.45, 7) is 5.16. The van der Waals surface area contributed by atoms with Crippen molar-refractivity contribution in [3.05, 3.63) is 33.9 Å².